The summed E-state index contributed by atoms with van der Waals surface area (Å²) < 4.78 is 0. The van der Waals surface area contributed by atoms with Crippen molar-refractivity contribution in [3.8, 4) is 5.88 Å². The highest BCUT2D eigenvalue weighted by molar-refractivity contribution is 7.11. The Kier molecular flexibility index (Phi) is 3.43. The van der Waals surface area contributed by atoms with Crippen molar-refractivity contribution < 1.29 is 10.0 Å². The minimum absolute atomic E-state index is 0.0564. The quantitative estimate of drug-likeness (QED) is 0.659. The maximum Gasteiger partial charge on any atom is 0.395 e. The van der Waals surface area contributed by atoms with Gasteiger partial charge < -0.3 is 10.1 Å². The lowest BCUT2D eigenvalue weighted by Crippen LogP contribution is -2.14. The molecule has 2 heterocycles. The number of aromatic hydroxyl groups is 1. The van der Waals surface area contributed by atoms with E-state index in [9.17, 15) is 20.0 Å². The maximum absolute atomic E-state index is 11.4. The van der Waals surface area contributed by atoms with Crippen molar-refractivity contribution in [1.82, 2.24) is 9.97 Å². The normalized spacial score (nSPS) is 11.0. The molecule has 2 aromatic heterocycles. The number of nitrogens with one attached hydrogen (secondary N) is 1. The van der Waals surface area contributed by atoms with E-state index in [4.69, 9.17) is 0 Å². The number of hydrogen-bond donors (Lipinski definition) is 2. The summed E-state index contributed by atoms with van der Waals surface area (Å²) in [4.78, 5) is 27.7. The van der Waals surface area contributed by atoms with Gasteiger partial charge in [0.05, 0.1) is 4.92 Å². The van der Waals surface area contributed by atoms with Gasteiger partial charge in [0.15, 0.2) is 0 Å². The van der Waals surface area contributed by atoms with Gasteiger partial charge in [-0.25, -0.2) is 0 Å². The molecule has 0 radical (unpaired) electrons. The number of H-pyrrole nitrogens is 1. The molecule has 19 heavy (non-hydrogen) atoms. The molecule has 2 rings (SSSR count). The average molecular weight is 279 g/mol. The summed E-state index contributed by atoms with van der Waals surface area (Å²) in [5, 5.41) is 21.8. The van der Waals surface area contributed by atoms with Gasteiger partial charge in [0.1, 0.15) is 5.82 Å². The zero-order valence-electron chi connectivity index (χ0n) is 9.78. The van der Waals surface area contributed by atoms with Crippen molar-refractivity contribution >= 4 is 29.2 Å². The Balaban J connectivity index is 2.38. The first-order chi connectivity index (χ1) is 8.99. The molecule has 8 heteroatoms. The van der Waals surface area contributed by atoms with Gasteiger partial charge in [0.2, 0.25) is 0 Å². The molecule has 0 fully saturated rings. The summed E-state index contributed by atoms with van der Waals surface area (Å²) in [7, 11) is 0. The zero-order chi connectivity index (χ0) is 14.0. The molecule has 0 aromatic carbocycles. The standard InChI is InChI=1S/C11H9N3O4S/c1-6-4-5-19-7(6)2-3-8-12-10(15)9(14(17)18)11(16)13-8/h2-5H,1H3,(H2,12,13,15,16)/b3-2-. The van der Waals surface area contributed by atoms with Gasteiger partial charge in [0.25, 0.3) is 5.88 Å². The van der Waals surface area contributed by atoms with Crippen LogP contribution in [0.15, 0.2) is 16.2 Å². The third-order valence-electron chi connectivity index (χ3n) is 2.37. The lowest BCUT2D eigenvalue weighted by Gasteiger charge is -1.96. The van der Waals surface area contributed by atoms with Crippen LogP contribution in [0.1, 0.15) is 16.3 Å². The van der Waals surface area contributed by atoms with Crippen molar-refractivity contribution in [2.45, 2.75) is 6.92 Å². The van der Waals surface area contributed by atoms with E-state index in [-0.39, 0.29) is 5.82 Å². The fourth-order valence-electron chi connectivity index (χ4n) is 1.43. The fraction of sp³-hybridized carbons (Fsp3) is 0.0909. The molecule has 0 aliphatic carbocycles. The molecule has 0 atom stereocenters. The Labute approximate surface area is 111 Å². The molecule has 0 saturated heterocycles. The van der Waals surface area contributed by atoms with Crippen molar-refractivity contribution in [2.24, 2.45) is 0 Å². The van der Waals surface area contributed by atoms with Crippen LogP contribution in [-0.4, -0.2) is 20.0 Å². The molecule has 0 aliphatic heterocycles. The van der Waals surface area contributed by atoms with Crippen LogP contribution in [0.4, 0.5) is 5.69 Å². The Morgan fingerprint density at radius 3 is 2.79 bits per heavy atom. The van der Waals surface area contributed by atoms with E-state index in [1.165, 1.54) is 17.4 Å². The first kappa shape index (κ1) is 13.0. The lowest BCUT2D eigenvalue weighted by molar-refractivity contribution is -0.387. The van der Waals surface area contributed by atoms with Crippen molar-refractivity contribution in [2.75, 3.05) is 0 Å². The van der Waals surface area contributed by atoms with E-state index in [1.807, 2.05) is 18.4 Å². The van der Waals surface area contributed by atoms with Gasteiger partial charge in [-0.15, -0.1) is 11.3 Å². The zero-order valence-corrected chi connectivity index (χ0v) is 10.6. The van der Waals surface area contributed by atoms with Crippen LogP contribution in [0.5, 0.6) is 5.88 Å². The van der Waals surface area contributed by atoms with Crippen LogP contribution in [0.3, 0.4) is 0 Å². The van der Waals surface area contributed by atoms with Crippen LogP contribution in [0.2, 0.25) is 0 Å². The molecule has 0 unspecified atom stereocenters. The summed E-state index contributed by atoms with van der Waals surface area (Å²) in [5.41, 5.74) is -0.876. The number of rotatable bonds is 3. The van der Waals surface area contributed by atoms with E-state index in [0.29, 0.717) is 0 Å². The van der Waals surface area contributed by atoms with Crippen LogP contribution in [0, 0.1) is 17.0 Å². The number of hydrogen-bond acceptors (Lipinski definition) is 6. The summed E-state index contributed by atoms with van der Waals surface area (Å²) in [6.07, 6.45) is 3.19. The first-order valence-corrected chi connectivity index (χ1v) is 6.07. The highest BCUT2D eigenvalue weighted by Crippen LogP contribution is 2.20. The summed E-state index contributed by atoms with van der Waals surface area (Å²) in [5.74, 6) is -0.836. The Morgan fingerprint density at radius 1 is 1.53 bits per heavy atom. The molecule has 7 nitrogen and oxygen atoms in total. The second kappa shape index (κ2) is 5.02. The Hall–Kier alpha value is -2.48. The molecule has 0 bridgehead atoms. The molecule has 0 spiro atoms. The molecule has 98 valence electrons. The van der Waals surface area contributed by atoms with Crippen LogP contribution in [0.25, 0.3) is 12.2 Å². The molecule has 0 aliphatic rings. The molecule has 2 N–H and O–H groups in total. The van der Waals surface area contributed by atoms with Gasteiger partial charge in [-0.1, -0.05) is 0 Å². The Bertz CT molecular complexity index is 717. The van der Waals surface area contributed by atoms with E-state index >= 15 is 0 Å². The third kappa shape index (κ3) is 2.68. The number of nitrogens with zero attached hydrogens (tertiary/aromatic N) is 2. The summed E-state index contributed by atoms with van der Waals surface area (Å²) in [6.45, 7) is 1.93. The van der Waals surface area contributed by atoms with Crippen LogP contribution < -0.4 is 5.56 Å². The minimum Gasteiger partial charge on any atom is -0.488 e. The van der Waals surface area contributed by atoms with Gasteiger partial charge >= 0.3 is 11.2 Å². The largest absolute Gasteiger partial charge is 0.488 e. The fourth-order valence-corrected chi connectivity index (χ4v) is 2.24. The van der Waals surface area contributed by atoms with Gasteiger partial charge in [-0.05, 0) is 36.1 Å². The monoisotopic (exact) mass is 279 g/mol. The third-order valence-corrected chi connectivity index (χ3v) is 3.36. The van der Waals surface area contributed by atoms with E-state index in [1.54, 1.807) is 6.08 Å². The Morgan fingerprint density at radius 2 is 2.26 bits per heavy atom. The second-order valence-corrected chi connectivity index (χ2v) is 4.63. The molecule has 0 saturated carbocycles. The van der Waals surface area contributed by atoms with Gasteiger partial charge in [-0.2, -0.15) is 4.98 Å². The SMILES string of the molecule is Cc1ccsc1/C=C\c1nc(O)c([N+](=O)[O-])c(=O)[nH]1. The minimum atomic E-state index is -0.986. The highest BCUT2D eigenvalue weighted by atomic mass is 32.1. The molecular formula is C11H9N3O4S. The van der Waals surface area contributed by atoms with Crippen molar-refractivity contribution in [1.29, 1.82) is 0 Å². The van der Waals surface area contributed by atoms with E-state index in [0.717, 1.165) is 10.4 Å². The van der Waals surface area contributed by atoms with Crippen molar-refractivity contribution in [3.63, 3.8) is 0 Å². The predicted molar refractivity (Wildman–Crippen MR) is 71.2 cm³/mol. The number of aromatic nitrogens is 2. The van der Waals surface area contributed by atoms with Gasteiger partial charge in [-0.3, -0.25) is 14.9 Å². The molecular weight excluding hydrogens is 270 g/mol. The van der Waals surface area contributed by atoms with E-state index in [2.05, 4.69) is 9.97 Å². The smallest absolute Gasteiger partial charge is 0.395 e. The van der Waals surface area contributed by atoms with Crippen LogP contribution >= 0.6 is 11.3 Å². The highest BCUT2D eigenvalue weighted by Gasteiger charge is 2.21. The summed E-state index contributed by atoms with van der Waals surface area (Å²) >= 11 is 1.51. The predicted octanol–water partition coefficient (Wildman–Crippen LogP) is 1.92. The number of nitro groups is 1. The average Bonchev–Trinajstić information content (AvgIpc) is 2.70. The number of aromatic amines is 1. The van der Waals surface area contributed by atoms with Crippen molar-refractivity contribution in [3.05, 3.63) is 48.2 Å². The number of thiophene rings is 1. The molecule has 0 amide bonds. The van der Waals surface area contributed by atoms with Gasteiger partial charge in [0, 0.05) is 4.88 Å². The summed E-state index contributed by atoms with van der Waals surface area (Å²) in [6, 6.07) is 1.94. The number of aryl methyl sites for hydroxylation is 1. The van der Waals surface area contributed by atoms with Crippen LogP contribution in [-0.2, 0) is 0 Å². The first-order valence-electron chi connectivity index (χ1n) is 5.19. The maximum atomic E-state index is 11.4. The van der Waals surface area contributed by atoms with E-state index < -0.39 is 22.0 Å². The lowest BCUT2D eigenvalue weighted by atomic mass is 10.3. The second-order valence-electron chi connectivity index (χ2n) is 3.68. The molecule has 2 aromatic rings. The topological polar surface area (TPSA) is 109 Å².